The Balaban J connectivity index is 2.31. The van der Waals surface area contributed by atoms with Crippen molar-refractivity contribution in [3.8, 4) is 5.82 Å². The number of nitrogens with zero attached hydrogens (tertiary/aromatic N) is 3. The molecule has 0 aromatic carbocycles. The van der Waals surface area contributed by atoms with E-state index in [1.165, 1.54) is 0 Å². The lowest BCUT2D eigenvalue weighted by molar-refractivity contribution is 0.199. The minimum atomic E-state index is -0.481. The summed E-state index contributed by atoms with van der Waals surface area (Å²) in [5.74, 6) is 0.757. The number of pyridine rings is 1. The fourth-order valence-electron chi connectivity index (χ4n) is 1.32. The molecular formula is C11H13N3O. The lowest BCUT2D eigenvalue weighted by atomic mass is 10.2. The van der Waals surface area contributed by atoms with Crippen molar-refractivity contribution >= 4 is 0 Å². The monoisotopic (exact) mass is 203 g/mol. The maximum atomic E-state index is 9.33. The van der Waals surface area contributed by atoms with E-state index < -0.39 is 6.10 Å². The van der Waals surface area contributed by atoms with E-state index in [0.29, 0.717) is 0 Å². The van der Waals surface area contributed by atoms with Crippen molar-refractivity contribution in [2.75, 3.05) is 0 Å². The van der Waals surface area contributed by atoms with Crippen LogP contribution in [-0.4, -0.2) is 19.9 Å². The molecule has 0 aliphatic carbocycles. The van der Waals surface area contributed by atoms with Gasteiger partial charge in [-0.05, 0) is 31.5 Å². The van der Waals surface area contributed by atoms with Gasteiger partial charge < -0.3 is 5.11 Å². The second kappa shape index (κ2) is 3.82. The van der Waals surface area contributed by atoms with Crippen molar-refractivity contribution in [3.63, 3.8) is 0 Å². The summed E-state index contributed by atoms with van der Waals surface area (Å²) in [6, 6.07) is 5.61. The Morgan fingerprint density at radius 3 is 2.60 bits per heavy atom. The van der Waals surface area contributed by atoms with Crippen molar-refractivity contribution in [1.82, 2.24) is 14.8 Å². The van der Waals surface area contributed by atoms with E-state index in [1.807, 2.05) is 31.3 Å². The Labute approximate surface area is 88.2 Å². The topological polar surface area (TPSA) is 50.9 Å². The Kier molecular flexibility index (Phi) is 2.51. The number of rotatable bonds is 2. The van der Waals surface area contributed by atoms with Gasteiger partial charge in [-0.2, -0.15) is 5.10 Å². The molecule has 0 bridgehead atoms. The first kappa shape index (κ1) is 9.86. The van der Waals surface area contributed by atoms with Crippen LogP contribution in [0.2, 0.25) is 0 Å². The molecule has 0 aliphatic heterocycles. The summed E-state index contributed by atoms with van der Waals surface area (Å²) in [5, 5.41) is 13.6. The highest BCUT2D eigenvalue weighted by Gasteiger charge is 2.03. The average Bonchev–Trinajstić information content (AvgIpc) is 2.65. The predicted molar refractivity (Wildman–Crippen MR) is 56.7 cm³/mol. The standard InChI is InChI=1S/C11H13N3O/c1-8-5-6-14(13-8)11-4-3-10(7-12-11)9(2)15/h3-7,9,15H,1-2H3/t9-/m0/s1. The summed E-state index contributed by atoms with van der Waals surface area (Å²) in [5.41, 5.74) is 1.76. The van der Waals surface area contributed by atoms with Gasteiger partial charge in [0.05, 0.1) is 11.8 Å². The van der Waals surface area contributed by atoms with Crippen LogP contribution in [0.25, 0.3) is 5.82 Å². The summed E-state index contributed by atoms with van der Waals surface area (Å²) in [6.07, 6.45) is 3.04. The van der Waals surface area contributed by atoms with Gasteiger partial charge in [-0.1, -0.05) is 6.07 Å². The van der Waals surface area contributed by atoms with Crippen molar-refractivity contribution in [1.29, 1.82) is 0 Å². The van der Waals surface area contributed by atoms with Crippen molar-refractivity contribution in [2.24, 2.45) is 0 Å². The first-order chi connectivity index (χ1) is 7.16. The third kappa shape index (κ3) is 2.05. The normalized spacial score (nSPS) is 12.7. The third-order valence-electron chi connectivity index (χ3n) is 2.21. The number of hydrogen-bond donors (Lipinski definition) is 1. The minimum Gasteiger partial charge on any atom is -0.389 e. The largest absolute Gasteiger partial charge is 0.389 e. The van der Waals surface area contributed by atoms with Gasteiger partial charge in [0.25, 0.3) is 0 Å². The summed E-state index contributed by atoms with van der Waals surface area (Å²) < 4.78 is 1.71. The van der Waals surface area contributed by atoms with Gasteiger partial charge in [-0.3, -0.25) is 0 Å². The second-order valence-electron chi connectivity index (χ2n) is 3.53. The minimum absolute atomic E-state index is 0.481. The molecule has 2 aromatic rings. The molecule has 0 spiro atoms. The van der Waals surface area contributed by atoms with Gasteiger partial charge in [0, 0.05) is 12.4 Å². The molecule has 0 unspecified atom stereocenters. The van der Waals surface area contributed by atoms with E-state index >= 15 is 0 Å². The molecule has 0 radical (unpaired) electrons. The Morgan fingerprint density at radius 2 is 2.13 bits per heavy atom. The van der Waals surface area contributed by atoms with Gasteiger partial charge in [0.2, 0.25) is 0 Å². The first-order valence-electron chi connectivity index (χ1n) is 4.83. The number of aromatic nitrogens is 3. The lowest BCUT2D eigenvalue weighted by Crippen LogP contribution is -2.00. The van der Waals surface area contributed by atoms with E-state index in [2.05, 4.69) is 10.1 Å². The van der Waals surface area contributed by atoms with E-state index in [1.54, 1.807) is 17.8 Å². The molecule has 0 saturated carbocycles. The summed E-state index contributed by atoms with van der Waals surface area (Å²) in [4.78, 5) is 4.22. The van der Waals surface area contributed by atoms with Crippen LogP contribution >= 0.6 is 0 Å². The molecule has 2 heterocycles. The molecule has 78 valence electrons. The molecule has 0 fully saturated rings. The average molecular weight is 203 g/mol. The molecule has 15 heavy (non-hydrogen) atoms. The van der Waals surface area contributed by atoms with E-state index in [4.69, 9.17) is 0 Å². The second-order valence-corrected chi connectivity index (χ2v) is 3.53. The fourth-order valence-corrected chi connectivity index (χ4v) is 1.32. The Hall–Kier alpha value is -1.68. The zero-order valence-electron chi connectivity index (χ0n) is 8.75. The SMILES string of the molecule is Cc1ccn(-c2ccc([C@H](C)O)cn2)n1. The molecule has 1 N–H and O–H groups in total. The highest BCUT2D eigenvalue weighted by Crippen LogP contribution is 2.12. The van der Waals surface area contributed by atoms with Gasteiger partial charge in [-0.15, -0.1) is 0 Å². The Morgan fingerprint density at radius 1 is 1.33 bits per heavy atom. The molecule has 4 nitrogen and oxygen atoms in total. The van der Waals surface area contributed by atoms with E-state index in [-0.39, 0.29) is 0 Å². The van der Waals surface area contributed by atoms with Crippen LogP contribution in [0, 0.1) is 6.92 Å². The highest BCUT2D eigenvalue weighted by molar-refractivity contribution is 5.25. The predicted octanol–water partition coefficient (Wildman–Crippen LogP) is 1.63. The van der Waals surface area contributed by atoms with Crippen LogP contribution in [0.5, 0.6) is 0 Å². The number of aliphatic hydroxyl groups is 1. The fraction of sp³-hybridized carbons (Fsp3) is 0.273. The smallest absolute Gasteiger partial charge is 0.153 e. The molecule has 0 aliphatic rings. The zero-order valence-corrected chi connectivity index (χ0v) is 8.75. The van der Waals surface area contributed by atoms with E-state index in [0.717, 1.165) is 17.1 Å². The van der Waals surface area contributed by atoms with Crippen LogP contribution in [0.4, 0.5) is 0 Å². The maximum Gasteiger partial charge on any atom is 0.153 e. The van der Waals surface area contributed by atoms with E-state index in [9.17, 15) is 5.11 Å². The maximum absolute atomic E-state index is 9.33. The van der Waals surface area contributed by atoms with Gasteiger partial charge in [0.15, 0.2) is 5.82 Å². The summed E-state index contributed by atoms with van der Waals surface area (Å²) >= 11 is 0. The third-order valence-corrected chi connectivity index (χ3v) is 2.21. The molecule has 4 heteroatoms. The van der Waals surface area contributed by atoms with Gasteiger partial charge in [-0.25, -0.2) is 9.67 Å². The lowest BCUT2D eigenvalue weighted by Gasteiger charge is -2.05. The van der Waals surface area contributed by atoms with Gasteiger partial charge >= 0.3 is 0 Å². The summed E-state index contributed by atoms with van der Waals surface area (Å²) in [7, 11) is 0. The summed E-state index contributed by atoms with van der Waals surface area (Å²) in [6.45, 7) is 3.65. The van der Waals surface area contributed by atoms with Crippen molar-refractivity contribution < 1.29 is 5.11 Å². The Bertz CT molecular complexity index is 445. The van der Waals surface area contributed by atoms with Gasteiger partial charge in [0.1, 0.15) is 0 Å². The quantitative estimate of drug-likeness (QED) is 0.807. The molecule has 0 saturated heterocycles. The molecule has 2 rings (SSSR count). The van der Waals surface area contributed by atoms with Crippen LogP contribution in [-0.2, 0) is 0 Å². The molecule has 1 atom stereocenters. The highest BCUT2D eigenvalue weighted by atomic mass is 16.3. The van der Waals surface area contributed by atoms with Crippen LogP contribution in [0.3, 0.4) is 0 Å². The number of aryl methyl sites for hydroxylation is 1. The number of aliphatic hydroxyl groups excluding tert-OH is 1. The zero-order chi connectivity index (χ0) is 10.8. The van der Waals surface area contributed by atoms with Crippen molar-refractivity contribution in [3.05, 3.63) is 41.9 Å². The molecule has 2 aromatic heterocycles. The van der Waals surface area contributed by atoms with Crippen molar-refractivity contribution in [2.45, 2.75) is 20.0 Å². The van der Waals surface area contributed by atoms with Crippen LogP contribution in [0.15, 0.2) is 30.6 Å². The van der Waals surface area contributed by atoms with Crippen LogP contribution in [0.1, 0.15) is 24.3 Å². The first-order valence-corrected chi connectivity index (χ1v) is 4.83. The number of hydrogen-bond acceptors (Lipinski definition) is 3. The molecule has 0 amide bonds. The van der Waals surface area contributed by atoms with Crippen LogP contribution < -0.4 is 0 Å². The molecular weight excluding hydrogens is 190 g/mol.